The second kappa shape index (κ2) is 7.10. The number of hydrogen-bond donors (Lipinski definition) is 2. The van der Waals surface area contributed by atoms with Gasteiger partial charge in [-0.25, -0.2) is 4.79 Å². The number of nitrogens with zero attached hydrogens (tertiary/aromatic N) is 1. The van der Waals surface area contributed by atoms with E-state index in [0.717, 1.165) is 4.90 Å². The number of anilines is 1. The number of urea groups is 1. The first kappa shape index (κ1) is 18.7. The molecule has 0 unspecified atom stereocenters. The Morgan fingerprint density at radius 1 is 1.38 bits per heavy atom. The first-order valence-corrected chi connectivity index (χ1v) is 8.42. The van der Waals surface area contributed by atoms with Crippen LogP contribution in [-0.4, -0.2) is 47.5 Å². The minimum atomic E-state index is -4.68. The SMILES string of the molecule is CSc1ccc(Cl)cc1NC(=O)N1C[C@@H](C(F)(F)F)[C@H](C(=O)O)C1. The summed E-state index contributed by atoms with van der Waals surface area (Å²) in [6.07, 6.45) is -2.91. The molecule has 2 atom stereocenters. The minimum Gasteiger partial charge on any atom is -0.481 e. The van der Waals surface area contributed by atoms with Crippen molar-refractivity contribution in [1.29, 1.82) is 0 Å². The number of carboxylic acids is 1. The third kappa shape index (κ3) is 4.07. The highest BCUT2D eigenvalue weighted by atomic mass is 35.5. The maximum atomic E-state index is 13.0. The number of carbonyl (C=O) groups is 2. The number of carboxylic acid groups (broad SMARTS) is 1. The van der Waals surface area contributed by atoms with Crippen molar-refractivity contribution in [1.82, 2.24) is 4.90 Å². The second-order valence-corrected chi connectivity index (χ2v) is 6.56. The number of carbonyl (C=O) groups excluding carboxylic acids is 1. The lowest BCUT2D eigenvalue weighted by molar-refractivity contribution is -0.187. The number of rotatable bonds is 3. The Hall–Kier alpha value is -1.61. The molecule has 5 nitrogen and oxygen atoms in total. The van der Waals surface area contributed by atoms with Gasteiger partial charge in [-0.15, -0.1) is 11.8 Å². The number of likely N-dealkylation sites (tertiary alicyclic amines) is 1. The number of amides is 2. The zero-order chi connectivity index (χ0) is 18.1. The van der Waals surface area contributed by atoms with Gasteiger partial charge in [0.2, 0.25) is 0 Å². The molecule has 1 heterocycles. The van der Waals surface area contributed by atoms with Crippen LogP contribution in [-0.2, 0) is 4.79 Å². The van der Waals surface area contributed by atoms with Gasteiger partial charge in [-0.3, -0.25) is 4.79 Å². The highest BCUT2D eigenvalue weighted by Crippen LogP contribution is 2.38. The molecular weight excluding hydrogens is 369 g/mol. The molecular formula is C14H14ClF3N2O3S. The van der Waals surface area contributed by atoms with Crippen LogP contribution in [0.25, 0.3) is 0 Å². The molecule has 0 radical (unpaired) electrons. The molecule has 0 saturated carbocycles. The van der Waals surface area contributed by atoms with Crippen molar-refractivity contribution < 1.29 is 27.9 Å². The van der Waals surface area contributed by atoms with E-state index in [1.807, 2.05) is 0 Å². The van der Waals surface area contributed by atoms with Gasteiger partial charge >= 0.3 is 18.2 Å². The fourth-order valence-electron chi connectivity index (χ4n) is 2.52. The Bertz CT molecular complexity index is 657. The molecule has 1 aliphatic rings. The van der Waals surface area contributed by atoms with Gasteiger partial charge in [0.15, 0.2) is 0 Å². The lowest BCUT2D eigenvalue weighted by atomic mass is 9.96. The van der Waals surface area contributed by atoms with Crippen molar-refractivity contribution in [2.45, 2.75) is 11.1 Å². The molecule has 2 amide bonds. The van der Waals surface area contributed by atoms with E-state index in [4.69, 9.17) is 16.7 Å². The van der Waals surface area contributed by atoms with Gasteiger partial charge in [0.25, 0.3) is 0 Å². The zero-order valence-electron chi connectivity index (χ0n) is 12.4. The Morgan fingerprint density at radius 2 is 2.04 bits per heavy atom. The summed E-state index contributed by atoms with van der Waals surface area (Å²) in [5, 5.41) is 11.8. The zero-order valence-corrected chi connectivity index (χ0v) is 14.0. The topological polar surface area (TPSA) is 69.6 Å². The molecule has 1 aromatic carbocycles. The highest BCUT2D eigenvalue weighted by Gasteiger charge is 2.53. The Labute approximate surface area is 145 Å². The van der Waals surface area contributed by atoms with Crippen LogP contribution in [0.2, 0.25) is 5.02 Å². The van der Waals surface area contributed by atoms with Crippen LogP contribution < -0.4 is 5.32 Å². The van der Waals surface area contributed by atoms with E-state index < -0.39 is 43.1 Å². The summed E-state index contributed by atoms with van der Waals surface area (Å²) in [7, 11) is 0. The number of benzene rings is 1. The molecule has 1 aromatic rings. The fraction of sp³-hybridized carbons (Fsp3) is 0.429. The summed E-state index contributed by atoms with van der Waals surface area (Å²) >= 11 is 7.20. The first-order chi connectivity index (χ1) is 11.1. The molecule has 2 rings (SSSR count). The molecule has 0 bridgehead atoms. The molecule has 0 aromatic heterocycles. The smallest absolute Gasteiger partial charge is 0.394 e. The third-order valence-electron chi connectivity index (χ3n) is 3.75. The van der Waals surface area contributed by atoms with Crippen LogP contribution in [0, 0.1) is 11.8 Å². The number of alkyl halides is 3. The maximum absolute atomic E-state index is 13.0. The van der Waals surface area contributed by atoms with E-state index >= 15 is 0 Å². The molecule has 132 valence electrons. The Kier molecular flexibility index (Phi) is 5.54. The van der Waals surface area contributed by atoms with Crippen molar-refractivity contribution in [2.24, 2.45) is 11.8 Å². The summed E-state index contributed by atoms with van der Waals surface area (Å²) in [5.41, 5.74) is 0.363. The molecule has 0 spiro atoms. The van der Waals surface area contributed by atoms with E-state index in [2.05, 4.69) is 5.32 Å². The predicted octanol–water partition coefficient (Wildman–Crippen LogP) is 3.79. The largest absolute Gasteiger partial charge is 0.481 e. The average molecular weight is 383 g/mol. The third-order valence-corrected chi connectivity index (χ3v) is 4.78. The molecule has 1 saturated heterocycles. The standard InChI is InChI=1S/C14H14ClF3N2O3S/c1-24-11-3-2-7(15)4-10(11)19-13(23)20-5-8(12(21)22)9(6-20)14(16,17)18/h2-4,8-9H,5-6H2,1H3,(H,19,23)(H,21,22)/t8-,9-/m1/s1. The lowest BCUT2D eigenvalue weighted by Gasteiger charge is -2.19. The normalized spacial score (nSPS) is 21.0. The van der Waals surface area contributed by atoms with Gasteiger partial charge in [0.05, 0.1) is 17.5 Å². The molecule has 0 aliphatic carbocycles. The van der Waals surface area contributed by atoms with Gasteiger partial charge in [0.1, 0.15) is 0 Å². The predicted molar refractivity (Wildman–Crippen MR) is 84.5 cm³/mol. The van der Waals surface area contributed by atoms with Crippen molar-refractivity contribution in [3.05, 3.63) is 23.2 Å². The number of thioether (sulfide) groups is 1. The summed E-state index contributed by atoms with van der Waals surface area (Å²) in [6.45, 7) is -1.19. The summed E-state index contributed by atoms with van der Waals surface area (Å²) < 4.78 is 38.9. The first-order valence-electron chi connectivity index (χ1n) is 6.82. The van der Waals surface area contributed by atoms with Gasteiger partial charge < -0.3 is 15.3 Å². The maximum Gasteiger partial charge on any atom is 0.394 e. The number of aliphatic carboxylic acids is 1. The Morgan fingerprint density at radius 3 is 2.54 bits per heavy atom. The number of halogens is 4. The lowest BCUT2D eigenvalue weighted by Crippen LogP contribution is -2.35. The highest BCUT2D eigenvalue weighted by molar-refractivity contribution is 7.98. The molecule has 1 aliphatic heterocycles. The minimum absolute atomic E-state index is 0.362. The molecule has 1 fully saturated rings. The quantitative estimate of drug-likeness (QED) is 0.780. The average Bonchev–Trinajstić information content (AvgIpc) is 2.93. The molecule has 10 heteroatoms. The summed E-state index contributed by atoms with van der Waals surface area (Å²) in [5.74, 6) is -5.32. The van der Waals surface area contributed by atoms with Crippen LogP contribution >= 0.6 is 23.4 Å². The number of hydrogen-bond acceptors (Lipinski definition) is 3. The Balaban J connectivity index is 2.16. The fourth-order valence-corrected chi connectivity index (χ4v) is 3.23. The van der Waals surface area contributed by atoms with E-state index in [-0.39, 0.29) is 0 Å². The molecule has 24 heavy (non-hydrogen) atoms. The van der Waals surface area contributed by atoms with Gasteiger partial charge in [-0.1, -0.05) is 11.6 Å². The van der Waals surface area contributed by atoms with E-state index in [0.29, 0.717) is 15.6 Å². The van der Waals surface area contributed by atoms with E-state index in [1.165, 1.54) is 17.8 Å². The van der Waals surface area contributed by atoms with Crippen LogP contribution in [0.3, 0.4) is 0 Å². The van der Waals surface area contributed by atoms with Crippen LogP contribution in [0.4, 0.5) is 23.7 Å². The second-order valence-electron chi connectivity index (χ2n) is 5.27. The van der Waals surface area contributed by atoms with Crippen LogP contribution in [0.1, 0.15) is 0 Å². The van der Waals surface area contributed by atoms with Crippen LogP contribution in [0.15, 0.2) is 23.1 Å². The van der Waals surface area contributed by atoms with Crippen molar-refractivity contribution in [2.75, 3.05) is 24.7 Å². The van der Waals surface area contributed by atoms with Crippen molar-refractivity contribution in [3.8, 4) is 0 Å². The van der Waals surface area contributed by atoms with Crippen molar-refractivity contribution >= 4 is 41.1 Å². The van der Waals surface area contributed by atoms with E-state index in [9.17, 15) is 22.8 Å². The monoisotopic (exact) mass is 382 g/mol. The van der Waals surface area contributed by atoms with Crippen LogP contribution in [0.5, 0.6) is 0 Å². The summed E-state index contributed by atoms with van der Waals surface area (Å²) in [4.78, 5) is 24.8. The summed E-state index contributed by atoms with van der Waals surface area (Å²) in [6, 6.07) is 3.99. The van der Waals surface area contributed by atoms with Gasteiger partial charge in [-0.05, 0) is 24.5 Å². The van der Waals surface area contributed by atoms with Gasteiger partial charge in [0, 0.05) is 23.0 Å². The molecule has 2 N–H and O–H groups in total. The number of nitrogens with one attached hydrogen (secondary N) is 1. The van der Waals surface area contributed by atoms with Gasteiger partial charge in [-0.2, -0.15) is 13.2 Å². The van der Waals surface area contributed by atoms with E-state index in [1.54, 1.807) is 18.4 Å². The van der Waals surface area contributed by atoms with Crippen molar-refractivity contribution in [3.63, 3.8) is 0 Å².